The van der Waals surface area contributed by atoms with Gasteiger partial charge in [-0.1, -0.05) is 35.3 Å². The quantitative estimate of drug-likeness (QED) is 0.856. The van der Waals surface area contributed by atoms with Gasteiger partial charge in [0.05, 0.1) is 10.0 Å². The number of hydrogen-bond acceptors (Lipinski definition) is 3. The Hall–Kier alpha value is -1.30. The minimum atomic E-state index is -0.306. The first-order valence-electron chi connectivity index (χ1n) is 5.51. The second kappa shape index (κ2) is 5.77. The molecule has 100 valence electrons. The normalized spacial score (nSPS) is 10.6. The van der Waals surface area contributed by atoms with Gasteiger partial charge in [0.2, 0.25) is 0 Å². The molecule has 1 aromatic carbocycles. The fourth-order valence-electron chi connectivity index (χ4n) is 1.74. The van der Waals surface area contributed by atoms with E-state index in [0.717, 1.165) is 5.56 Å². The third-order valence-corrected chi connectivity index (χ3v) is 3.88. The summed E-state index contributed by atoms with van der Waals surface area (Å²) in [5, 5.41) is 1.04. The minimum Gasteiger partial charge on any atom is -0.385 e. The molecule has 0 aliphatic heterocycles. The van der Waals surface area contributed by atoms with Gasteiger partial charge in [-0.15, -0.1) is 0 Å². The lowest BCUT2D eigenvalue weighted by Crippen LogP contribution is -2.17. The second-order valence-corrected chi connectivity index (χ2v) is 5.15. The zero-order chi connectivity index (χ0) is 14.0. The molecular weight excluding hydrogens is 305 g/mol. The number of nitrogens with one attached hydrogen (secondary N) is 1. The maximum Gasteiger partial charge on any atom is 0.253 e. The molecule has 0 unspecified atom stereocenters. The predicted molar refractivity (Wildman–Crippen MR) is 80.5 cm³/mol. The van der Waals surface area contributed by atoms with Gasteiger partial charge in [-0.05, 0) is 30.3 Å². The van der Waals surface area contributed by atoms with E-state index < -0.39 is 0 Å². The molecule has 3 N–H and O–H groups in total. The molecular formula is C12H11Cl2N3OS. The van der Waals surface area contributed by atoms with Gasteiger partial charge in [-0.25, -0.2) is 0 Å². The molecule has 7 heteroatoms. The highest BCUT2D eigenvalue weighted by molar-refractivity contribution is 7.71. The zero-order valence-electron chi connectivity index (χ0n) is 9.82. The van der Waals surface area contributed by atoms with Crippen molar-refractivity contribution in [3.63, 3.8) is 0 Å². The Morgan fingerprint density at radius 1 is 1.37 bits per heavy atom. The topological polar surface area (TPSA) is 63.8 Å². The summed E-state index contributed by atoms with van der Waals surface area (Å²) in [6.07, 6.45) is 0.615. The van der Waals surface area contributed by atoms with Crippen LogP contribution in [0.4, 0.5) is 5.82 Å². The molecule has 0 saturated heterocycles. The van der Waals surface area contributed by atoms with E-state index in [0.29, 0.717) is 33.6 Å². The van der Waals surface area contributed by atoms with Crippen LogP contribution in [0.2, 0.25) is 10.0 Å². The highest BCUT2D eigenvalue weighted by Crippen LogP contribution is 2.26. The number of halogens is 2. The molecule has 1 heterocycles. The number of aromatic amines is 1. The summed E-state index contributed by atoms with van der Waals surface area (Å²) in [4.78, 5) is 13.7. The molecule has 2 rings (SSSR count). The monoisotopic (exact) mass is 315 g/mol. The van der Waals surface area contributed by atoms with Gasteiger partial charge < -0.3 is 10.3 Å². The number of benzene rings is 1. The first-order chi connectivity index (χ1) is 8.99. The van der Waals surface area contributed by atoms with Gasteiger partial charge in [0.25, 0.3) is 5.56 Å². The van der Waals surface area contributed by atoms with Crippen molar-refractivity contribution in [2.24, 2.45) is 0 Å². The number of nitrogens with zero attached hydrogens (tertiary/aromatic N) is 1. The van der Waals surface area contributed by atoms with E-state index in [1.54, 1.807) is 10.6 Å². The van der Waals surface area contributed by atoms with Crippen molar-refractivity contribution in [2.75, 3.05) is 5.73 Å². The lowest BCUT2D eigenvalue weighted by atomic mass is 10.1. The third-order valence-electron chi connectivity index (χ3n) is 2.70. The molecule has 2 aromatic rings. The number of anilines is 1. The van der Waals surface area contributed by atoms with Gasteiger partial charge in [0.1, 0.15) is 5.82 Å². The molecule has 0 saturated carbocycles. The summed E-state index contributed by atoms with van der Waals surface area (Å²) in [5.41, 5.74) is 6.37. The lowest BCUT2D eigenvalue weighted by molar-refractivity contribution is 0.673. The molecule has 4 nitrogen and oxygen atoms in total. The molecule has 0 amide bonds. The van der Waals surface area contributed by atoms with Crippen molar-refractivity contribution in [2.45, 2.75) is 13.0 Å². The molecule has 0 atom stereocenters. The standard InChI is InChI=1S/C12H11Cl2N3OS/c13-8-3-1-2-7(11(8)14)4-5-17-9(15)6-10(18)16-12(17)19/h1-3,6H,4-5,15H2,(H,16,18,19). The molecule has 0 fully saturated rings. The van der Waals surface area contributed by atoms with Crippen LogP contribution in [0.15, 0.2) is 29.1 Å². The van der Waals surface area contributed by atoms with Crippen LogP contribution >= 0.6 is 35.4 Å². The van der Waals surface area contributed by atoms with E-state index in [-0.39, 0.29) is 5.56 Å². The highest BCUT2D eigenvalue weighted by Gasteiger charge is 2.06. The number of rotatable bonds is 3. The Kier molecular flexibility index (Phi) is 4.29. The first-order valence-corrected chi connectivity index (χ1v) is 6.68. The smallest absolute Gasteiger partial charge is 0.253 e. The summed E-state index contributed by atoms with van der Waals surface area (Å²) in [5.74, 6) is 0.326. The number of nitrogen functional groups attached to an aromatic ring is 1. The van der Waals surface area contributed by atoms with Crippen LogP contribution in [0.25, 0.3) is 0 Å². The Morgan fingerprint density at radius 3 is 2.79 bits per heavy atom. The SMILES string of the molecule is Nc1cc(=O)[nH]c(=S)n1CCc1cccc(Cl)c1Cl. The number of aromatic nitrogens is 2. The molecule has 0 aliphatic carbocycles. The van der Waals surface area contributed by atoms with Crippen LogP contribution in [0.1, 0.15) is 5.56 Å². The first kappa shape index (κ1) is 14.1. The maximum absolute atomic E-state index is 11.2. The largest absolute Gasteiger partial charge is 0.385 e. The molecule has 1 aromatic heterocycles. The molecule has 0 bridgehead atoms. The Labute approximate surface area is 124 Å². The Bertz CT molecular complexity index is 724. The van der Waals surface area contributed by atoms with E-state index in [4.69, 9.17) is 41.2 Å². The van der Waals surface area contributed by atoms with Gasteiger partial charge >= 0.3 is 0 Å². The Balaban J connectivity index is 2.27. The van der Waals surface area contributed by atoms with Crippen LogP contribution in [0, 0.1) is 4.77 Å². The zero-order valence-corrected chi connectivity index (χ0v) is 12.1. The van der Waals surface area contributed by atoms with Gasteiger partial charge in [0, 0.05) is 12.6 Å². The van der Waals surface area contributed by atoms with Crippen molar-refractivity contribution in [1.29, 1.82) is 0 Å². The summed E-state index contributed by atoms with van der Waals surface area (Å²) < 4.78 is 1.94. The van der Waals surface area contributed by atoms with Gasteiger partial charge in [-0.2, -0.15) is 0 Å². The highest BCUT2D eigenvalue weighted by atomic mass is 35.5. The van der Waals surface area contributed by atoms with E-state index in [1.807, 2.05) is 12.1 Å². The van der Waals surface area contributed by atoms with E-state index >= 15 is 0 Å². The number of nitrogens with two attached hydrogens (primary N) is 1. The van der Waals surface area contributed by atoms with E-state index in [1.165, 1.54) is 6.07 Å². The lowest BCUT2D eigenvalue weighted by Gasteiger charge is -2.11. The number of H-pyrrole nitrogens is 1. The average Bonchev–Trinajstić information content (AvgIpc) is 2.33. The van der Waals surface area contributed by atoms with Crippen LogP contribution < -0.4 is 11.3 Å². The van der Waals surface area contributed by atoms with Crippen LogP contribution in [-0.2, 0) is 13.0 Å². The third kappa shape index (κ3) is 3.18. The summed E-state index contributed by atoms with van der Waals surface area (Å²) >= 11 is 17.1. The van der Waals surface area contributed by atoms with Crippen LogP contribution in [0.3, 0.4) is 0 Å². The van der Waals surface area contributed by atoms with E-state index in [9.17, 15) is 4.79 Å². The van der Waals surface area contributed by atoms with Crippen LogP contribution in [0.5, 0.6) is 0 Å². The number of aryl methyl sites for hydroxylation is 1. The molecule has 0 spiro atoms. The molecule has 0 aliphatic rings. The van der Waals surface area contributed by atoms with E-state index in [2.05, 4.69) is 4.98 Å². The minimum absolute atomic E-state index is 0.295. The summed E-state index contributed by atoms with van der Waals surface area (Å²) in [7, 11) is 0. The van der Waals surface area contributed by atoms with Gasteiger partial charge in [-0.3, -0.25) is 9.78 Å². The Morgan fingerprint density at radius 2 is 2.11 bits per heavy atom. The summed E-state index contributed by atoms with van der Waals surface area (Å²) in [6, 6.07) is 6.75. The van der Waals surface area contributed by atoms with Gasteiger partial charge in [0.15, 0.2) is 4.77 Å². The van der Waals surface area contributed by atoms with Crippen molar-refractivity contribution in [1.82, 2.24) is 9.55 Å². The fraction of sp³-hybridized carbons (Fsp3) is 0.167. The molecule has 0 radical (unpaired) electrons. The molecule has 19 heavy (non-hydrogen) atoms. The average molecular weight is 316 g/mol. The van der Waals surface area contributed by atoms with Crippen molar-refractivity contribution in [3.05, 3.63) is 55.0 Å². The van der Waals surface area contributed by atoms with Crippen molar-refractivity contribution in [3.8, 4) is 0 Å². The fourth-order valence-corrected chi connectivity index (χ4v) is 2.45. The van der Waals surface area contributed by atoms with Crippen molar-refractivity contribution >= 4 is 41.2 Å². The number of hydrogen-bond donors (Lipinski definition) is 2. The summed E-state index contributed by atoms with van der Waals surface area (Å²) in [6.45, 7) is 0.515. The predicted octanol–water partition coefficient (Wildman–Crippen LogP) is 3.04. The van der Waals surface area contributed by atoms with Crippen molar-refractivity contribution < 1.29 is 0 Å². The second-order valence-electron chi connectivity index (χ2n) is 3.98. The maximum atomic E-state index is 11.2. The van der Waals surface area contributed by atoms with Crippen LogP contribution in [-0.4, -0.2) is 9.55 Å².